The third-order valence-electron chi connectivity index (χ3n) is 4.94. The maximum absolute atomic E-state index is 13.0. The van der Waals surface area contributed by atoms with Crippen LogP contribution in [0.15, 0.2) is 41.9 Å². The molecule has 1 heterocycles. The number of hydrogen-bond acceptors (Lipinski definition) is 4. The predicted molar refractivity (Wildman–Crippen MR) is 109 cm³/mol. The van der Waals surface area contributed by atoms with Crippen LogP contribution in [0.4, 0.5) is 5.13 Å². The molecule has 2 amide bonds. The average Bonchev–Trinajstić information content (AvgIpc) is 3.33. The third-order valence-corrected chi connectivity index (χ3v) is 5.63. The Hall–Kier alpha value is -2.21. The van der Waals surface area contributed by atoms with E-state index < -0.39 is 0 Å². The molecule has 1 aromatic heterocycles. The first-order valence-electron chi connectivity index (χ1n) is 9.72. The van der Waals surface area contributed by atoms with Crippen LogP contribution in [0.25, 0.3) is 0 Å². The summed E-state index contributed by atoms with van der Waals surface area (Å²) in [6.07, 6.45) is 6.86. The fourth-order valence-corrected chi connectivity index (χ4v) is 3.93. The van der Waals surface area contributed by atoms with Crippen molar-refractivity contribution in [1.29, 1.82) is 0 Å². The molecule has 1 N–H and O–H groups in total. The number of thiazole rings is 1. The van der Waals surface area contributed by atoms with Crippen molar-refractivity contribution in [3.63, 3.8) is 0 Å². The Labute approximate surface area is 164 Å². The van der Waals surface area contributed by atoms with Crippen molar-refractivity contribution in [2.45, 2.75) is 44.9 Å². The number of unbranched alkanes of at least 4 members (excludes halogenated alkanes) is 3. The zero-order valence-corrected chi connectivity index (χ0v) is 16.6. The molecule has 3 rings (SSSR count). The van der Waals surface area contributed by atoms with Gasteiger partial charge in [-0.05, 0) is 24.3 Å². The minimum absolute atomic E-state index is 0.00578. The molecule has 2 atom stereocenters. The Balaban J connectivity index is 1.58. The van der Waals surface area contributed by atoms with Crippen molar-refractivity contribution >= 4 is 28.3 Å². The molecular weight excluding hydrogens is 358 g/mol. The highest BCUT2D eigenvalue weighted by molar-refractivity contribution is 7.13. The third kappa shape index (κ3) is 5.63. The molecule has 0 aliphatic heterocycles. The summed E-state index contributed by atoms with van der Waals surface area (Å²) in [4.78, 5) is 31.2. The minimum atomic E-state index is -0.175. The molecule has 5 nitrogen and oxygen atoms in total. The molecule has 0 saturated heterocycles. The molecule has 2 aromatic rings. The van der Waals surface area contributed by atoms with Gasteiger partial charge >= 0.3 is 0 Å². The summed E-state index contributed by atoms with van der Waals surface area (Å²) in [6, 6.07) is 10.2. The van der Waals surface area contributed by atoms with Crippen molar-refractivity contribution in [1.82, 2.24) is 9.88 Å². The highest BCUT2D eigenvalue weighted by Crippen LogP contribution is 2.48. The summed E-state index contributed by atoms with van der Waals surface area (Å²) in [5, 5.41) is 5.18. The second-order valence-corrected chi connectivity index (χ2v) is 7.96. The fraction of sp³-hybridized carbons (Fsp3) is 0.476. The van der Waals surface area contributed by atoms with Crippen LogP contribution in [-0.4, -0.2) is 34.8 Å². The number of amides is 2. The Kier molecular flexibility index (Phi) is 6.98. The van der Waals surface area contributed by atoms with Gasteiger partial charge in [0.1, 0.15) is 0 Å². The van der Waals surface area contributed by atoms with Crippen molar-refractivity contribution in [2.75, 3.05) is 18.4 Å². The molecule has 144 valence electrons. The molecule has 0 bridgehead atoms. The van der Waals surface area contributed by atoms with E-state index in [1.54, 1.807) is 11.1 Å². The van der Waals surface area contributed by atoms with E-state index in [-0.39, 0.29) is 24.3 Å². The van der Waals surface area contributed by atoms with Crippen molar-refractivity contribution < 1.29 is 9.59 Å². The number of benzene rings is 1. The number of aromatic nitrogens is 1. The van der Waals surface area contributed by atoms with Crippen molar-refractivity contribution in [3.8, 4) is 0 Å². The largest absolute Gasteiger partial charge is 0.333 e. The molecule has 27 heavy (non-hydrogen) atoms. The maximum atomic E-state index is 13.0. The molecule has 1 aliphatic carbocycles. The number of nitrogens with one attached hydrogen (secondary N) is 1. The van der Waals surface area contributed by atoms with E-state index in [1.807, 2.05) is 23.6 Å². The molecular formula is C21H27N3O2S. The lowest BCUT2D eigenvalue weighted by molar-refractivity contribution is -0.136. The predicted octanol–water partition coefficient (Wildman–Crippen LogP) is 4.29. The number of rotatable bonds is 10. The average molecular weight is 386 g/mol. The second kappa shape index (κ2) is 9.65. The molecule has 0 spiro atoms. The van der Waals surface area contributed by atoms with Crippen molar-refractivity contribution in [2.24, 2.45) is 5.92 Å². The van der Waals surface area contributed by atoms with Gasteiger partial charge in [-0.1, -0.05) is 56.5 Å². The molecule has 6 heteroatoms. The monoisotopic (exact) mass is 385 g/mol. The zero-order chi connectivity index (χ0) is 19.1. The standard InChI is InChI=1S/C21H27N3O2S/c1-2-3-4-8-12-24(15-19(25)23-21-22-11-13-27-21)20(26)18-14-17(18)16-9-6-5-7-10-16/h5-7,9-11,13,17-18H,2-4,8,12,14-15H2,1H3,(H,22,23,25). The van der Waals surface area contributed by atoms with Gasteiger partial charge in [-0.2, -0.15) is 0 Å². The van der Waals surface area contributed by atoms with Gasteiger partial charge in [0, 0.05) is 24.0 Å². The maximum Gasteiger partial charge on any atom is 0.245 e. The summed E-state index contributed by atoms with van der Waals surface area (Å²) in [7, 11) is 0. The van der Waals surface area contributed by atoms with E-state index in [0.717, 1.165) is 32.1 Å². The van der Waals surface area contributed by atoms with Crippen LogP contribution < -0.4 is 5.32 Å². The number of anilines is 1. The summed E-state index contributed by atoms with van der Waals surface area (Å²) < 4.78 is 0. The topological polar surface area (TPSA) is 62.3 Å². The Morgan fingerprint density at radius 2 is 2.04 bits per heavy atom. The highest BCUT2D eigenvalue weighted by Gasteiger charge is 2.45. The highest BCUT2D eigenvalue weighted by atomic mass is 32.1. The summed E-state index contributed by atoms with van der Waals surface area (Å²) in [5.41, 5.74) is 1.22. The SMILES string of the molecule is CCCCCCN(CC(=O)Nc1nccs1)C(=O)C1CC1c1ccccc1. The first kappa shape index (κ1) is 19.5. The van der Waals surface area contributed by atoms with E-state index in [0.29, 0.717) is 17.6 Å². The molecule has 1 aromatic carbocycles. The van der Waals surface area contributed by atoms with Gasteiger partial charge in [0.15, 0.2) is 5.13 Å². The van der Waals surface area contributed by atoms with Crippen LogP contribution in [0, 0.1) is 5.92 Å². The Morgan fingerprint density at radius 1 is 1.22 bits per heavy atom. The quantitative estimate of drug-likeness (QED) is 0.621. The lowest BCUT2D eigenvalue weighted by Gasteiger charge is -2.22. The van der Waals surface area contributed by atoms with Gasteiger partial charge in [-0.3, -0.25) is 9.59 Å². The van der Waals surface area contributed by atoms with Crippen LogP contribution in [0.2, 0.25) is 0 Å². The lowest BCUT2D eigenvalue weighted by atomic mass is 10.1. The molecule has 2 unspecified atom stereocenters. The van der Waals surface area contributed by atoms with Gasteiger partial charge in [-0.25, -0.2) is 4.98 Å². The van der Waals surface area contributed by atoms with Crippen LogP contribution in [0.1, 0.15) is 50.5 Å². The van der Waals surface area contributed by atoms with Crippen LogP contribution in [-0.2, 0) is 9.59 Å². The van der Waals surface area contributed by atoms with Crippen molar-refractivity contribution in [3.05, 3.63) is 47.5 Å². The van der Waals surface area contributed by atoms with Crippen LogP contribution in [0.5, 0.6) is 0 Å². The van der Waals surface area contributed by atoms with Crippen LogP contribution in [0.3, 0.4) is 0 Å². The first-order chi connectivity index (χ1) is 13.2. The Morgan fingerprint density at radius 3 is 2.74 bits per heavy atom. The smallest absolute Gasteiger partial charge is 0.245 e. The van der Waals surface area contributed by atoms with E-state index in [1.165, 1.54) is 16.9 Å². The van der Waals surface area contributed by atoms with Gasteiger partial charge in [0.25, 0.3) is 0 Å². The molecule has 0 radical (unpaired) electrons. The number of carbonyl (C=O) groups excluding carboxylic acids is 2. The number of hydrogen-bond donors (Lipinski definition) is 1. The van der Waals surface area contributed by atoms with E-state index in [9.17, 15) is 9.59 Å². The van der Waals surface area contributed by atoms with Gasteiger partial charge < -0.3 is 10.2 Å². The first-order valence-corrected chi connectivity index (χ1v) is 10.6. The van der Waals surface area contributed by atoms with E-state index in [4.69, 9.17) is 0 Å². The number of nitrogens with zero attached hydrogens (tertiary/aromatic N) is 2. The van der Waals surface area contributed by atoms with E-state index >= 15 is 0 Å². The van der Waals surface area contributed by atoms with Gasteiger partial charge in [-0.15, -0.1) is 11.3 Å². The normalized spacial score (nSPS) is 18.1. The minimum Gasteiger partial charge on any atom is -0.333 e. The fourth-order valence-electron chi connectivity index (χ4n) is 3.38. The van der Waals surface area contributed by atoms with Crippen LogP contribution >= 0.6 is 11.3 Å². The molecule has 1 fully saturated rings. The van der Waals surface area contributed by atoms with E-state index in [2.05, 4.69) is 29.4 Å². The number of carbonyl (C=O) groups is 2. The Bertz CT molecular complexity index is 733. The van der Waals surface area contributed by atoms with Gasteiger partial charge in [0.2, 0.25) is 11.8 Å². The summed E-state index contributed by atoms with van der Waals surface area (Å²) in [5.74, 6) is 0.227. The summed E-state index contributed by atoms with van der Waals surface area (Å²) >= 11 is 1.38. The summed E-state index contributed by atoms with van der Waals surface area (Å²) in [6.45, 7) is 2.91. The molecule has 1 saturated carbocycles. The molecule has 1 aliphatic rings. The van der Waals surface area contributed by atoms with Gasteiger partial charge in [0.05, 0.1) is 6.54 Å². The lowest BCUT2D eigenvalue weighted by Crippen LogP contribution is -2.39. The zero-order valence-electron chi connectivity index (χ0n) is 15.8. The second-order valence-electron chi connectivity index (χ2n) is 7.07.